The van der Waals surface area contributed by atoms with Gasteiger partial charge in [0.05, 0.1) is 18.5 Å². The van der Waals surface area contributed by atoms with Crippen molar-refractivity contribution in [1.82, 2.24) is 15.0 Å². The third-order valence-corrected chi connectivity index (χ3v) is 4.42. The van der Waals surface area contributed by atoms with Gasteiger partial charge in [0.15, 0.2) is 0 Å². The van der Waals surface area contributed by atoms with Crippen LogP contribution in [0.5, 0.6) is 5.75 Å². The number of methoxy groups -OCH3 is 1. The molecule has 0 radical (unpaired) electrons. The number of rotatable bonds is 3. The van der Waals surface area contributed by atoms with Crippen molar-refractivity contribution in [2.24, 2.45) is 5.92 Å². The Kier molecular flexibility index (Phi) is 3.68. The molecule has 0 saturated carbocycles. The Morgan fingerprint density at radius 3 is 2.68 bits per heavy atom. The molecule has 2 aromatic carbocycles. The fourth-order valence-electron chi connectivity index (χ4n) is 3.09. The Morgan fingerprint density at radius 2 is 1.92 bits per heavy atom. The van der Waals surface area contributed by atoms with Crippen molar-refractivity contribution in [2.45, 2.75) is 6.42 Å². The summed E-state index contributed by atoms with van der Waals surface area (Å²) in [6, 6.07) is 14.5. The van der Waals surface area contributed by atoms with Crippen LogP contribution in [0.25, 0.3) is 11.0 Å². The summed E-state index contributed by atoms with van der Waals surface area (Å²) in [7, 11) is 1.59. The van der Waals surface area contributed by atoms with Gasteiger partial charge in [-0.2, -0.15) is 4.68 Å². The third-order valence-electron chi connectivity index (χ3n) is 4.42. The fourth-order valence-corrected chi connectivity index (χ4v) is 3.09. The van der Waals surface area contributed by atoms with Gasteiger partial charge in [-0.25, -0.2) is 0 Å². The van der Waals surface area contributed by atoms with Gasteiger partial charge in [-0.15, -0.1) is 5.10 Å². The van der Waals surface area contributed by atoms with Crippen molar-refractivity contribution >= 4 is 28.5 Å². The maximum absolute atomic E-state index is 12.8. The monoisotopic (exact) mass is 336 g/mol. The van der Waals surface area contributed by atoms with Crippen molar-refractivity contribution in [3.8, 4) is 5.75 Å². The van der Waals surface area contributed by atoms with E-state index in [2.05, 4.69) is 10.3 Å². The minimum atomic E-state index is -0.445. The van der Waals surface area contributed by atoms with Crippen molar-refractivity contribution in [3.63, 3.8) is 0 Å². The molecule has 1 amide bonds. The molecular formula is C18H16N4O3. The van der Waals surface area contributed by atoms with E-state index in [1.54, 1.807) is 36.3 Å². The van der Waals surface area contributed by atoms with Crippen LogP contribution in [0.4, 0.5) is 5.69 Å². The van der Waals surface area contributed by atoms with Crippen LogP contribution in [0.3, 0.4) is 0 Å². The van der Waals surface area contributed by atoms with Gasteiger partial charge in [-0.1, -0.05) is 17.3 Å². The van der Waals surface area contributed by atoms with Gasteiger partial charge in [0.1, 0.15) is 11.3 Å². The number of hydrogen-bond donors (Lipinski definition) is 0. The topological polar surface area (TPSA) is 77.3 Å². The molecule has 1 aliphatic heterocycles. The van der Waals surface area contributed by atoms with Crippen LogP contribution in [0.15, 0.2) is 48.5 Å². The average Bonchev–Trinajstić information content (AvgIpc) is 3.25. The number of fused-ring (bicyclic) bond motifs is 1. The number of carbonyl (C=O) groups excluding carboxylic acids is 2. The van der Waals surface area contributed by atoms with Crippen LogP contribution >= 0.6 is 0 Å². The molecule has 1 fully saturated rings. The lowest BCUT2D eigenvalue weighted by molar-refractivity contribution is -0.117. The summed E-state index contributed by atoms with van der Waals surface area (Å²) in [5.41, 5.74) is 2.07. The second-order valence-electron chi connectivity index (χ2n) is 5.93. The zero-order valence-electron chi connectivity index (χ0n) is 13.6. The number of hydrogen-bond acceptors (Lipinski definition) is 5. The Balaban J connectivity index is 1.58. The third kappa shape index (κ3) is 2.63. The molecule has 0 aliphatic carbocycles. The summed E-state index contributed by atoms with van der Waals surface area (Å²) in [4.78, 5) is 26.8. The summed E-state index contributed by atoms with van der Waals surface area (Å²) >= 11 is 0. The Bertz CT molecular complexity index is 948. The maximum atomic E-state index is 12.8. The number of anilines is 1. The second kappa shape index (κ2) is 6.01. The van der Waals surface area contributed by atoms with Crippen LogP contribution in [0.2, 0.25) is 0 Å². The standard InChI is InChI=1S/C18H16N4O3/c1-25-14-8-6-13(7-9-14)21-11-12(10-17(21)23)18(24)22-16-5-3-2-4-15(16)19-20-22/h2-9,12H,10-11H2,1H3. The van der Waals surface area contributed by atoms with E-state index < -0.39 is 5.92 Å². The number of para-hydroxylation sites is 1. The molecule has 7 nitrogen and oxygen atoms in total. The van der Waals surface area contributed by atoms with Crippen LogP contribution < -0.4 is 9.64 Å². The molecule has 7 heteroatoms. The van der Waals surface area contributed by atoms with E-state index in [1.807, 2.05) is 24.3 Å². The lowest BCUT2D eigenvalue weighted by Crippen LogP contribution is -2.28. The number of carbonyl (C=O) groups is 2. The number of benzene rings is 2. The summed E-state index contributed by atoms with van der Waals surface area (Å²) in [5.74, 6) is -0.0113. The number of ether oxygens (including phenoxy) is 1. The van der Waals surface area contributed by atoms with Crippen LogP contribution in [0.1, 0.15) is 11.2 Å². The molecule has 2 heterocycles. The number of nitrogens with zero attached hydrogens (tertiary/aromatic N) is 4. The molecule has 3 aromatic rings. The van der Waals surface area contributed by atoms with Crippen molar-refractivity contribution < 1.29 is 14.3 Å². The minimum absolute atomic E-state index is 0.0760. The molecule has 25 heavy (non-hydrogen) atoms. The van der Waals surface area contributed by atoms with Crippen LogP contribution in [-0.2, 0) is 4.79 Å². The lowest BCUT2D eigenvalue weighted by atomic mass is 10.1. The van der Waals surface area contributed by atoms with E-state index in [0.717, 1.165) is 11.4 Å². The molecule has 1 atom stereocenters. The molecule has 0 N–H and O–H groups in total. The minimum Gasteiger partial charge on any atom is -0.497 e. The van der Waals surface area contributed by atoms with Crippen LogP contribution in [-0.4, -0.2) is 40.5 Å². The summed E-state index contributed by atoms with van der Waals surface area (Å²) < 4.78 is 6.43. The highest BCUT2D eigenvalue weighted by Crippen LogP contribution is 2.28. The van der Waals surface area contributed by atoms with E-state index in [9.17, 15) is 9.59 Å². The van der Waals surface area contributed by atoms with E-state index in [0.29, 0.717) is 17.6 Å². The van der Waals surface area contributed by atoms with E-state index in [-0.39, 0.29) is 18.2 Å². The van der Waals surface area contributed by atoms with Crippen molar-refractivity contribution in [3.05, 3.63) is 48.5 Å². The van der Waals surface area contributed by atoms with Crippen LogP contribution in [0, 0.1) is 5.92 Å². The summed E-state index contributed by atoms with van der Waals surface area (Å²) in [6.07, 6.45) is 0.166. The zero-order valence-corrected chi connectivity index (χ0v) is 13.6. The van der Waals surface area contributed by atoms with Gasteiger partial charge in [0, 0.05) is 18.7 Å². The van der Waals surface area contributed by atoms with Crippen molar-refractivity contribution in [2.75, 3.05) is 18.6 Å². The smallest absolute Gasteiger partial charge is 0.254 e. The average molecular weight is 336 g/mol. The number of amides is 1. The second-order valence-corrected chi connectivity index (χ2v) is 5.93. The lowest BCUT2D eigenvalue weighted by Gasteiger charge is -2.16. The fraction of sp³-hybridized carbons (Fsp3) is 0.222. The Labute approximate surface area is 143 Å². The van der Waals surface area contributed by atoms with E-state index >= 15 is 0 Å². The van der Waals surface area contributed by atoms with Gasteiger partial charge >= 0.3 is 0 Å². The summed E-state index contributed by atoms with van der Waals surface area (Å²) in [5, 5.41) is 7.96. The molecular weight excluding hydrogens is 320 g/mol. The first-order valence-corrected chi connectivity index (χ1v) is 7.96. The van der Waals surface area contributed by atoms with Crippen molar-refractivity contribution in [1.29, 1.82) is 0 Å². The summed E-state index contributed by atoms with van der Waals surface area (Å²) in [6.45, 7) is 0.332. The van der Waals surface area contributed by atoms with E-state index in [1.165, 1.54) is 4.68 Å². The van der Waals surface area contributed by atoms with Gasteiger partial charge in [-0.05, 0) is 36.4 Å². The molecule has 1 aromatic heterocycles. The number of aromatic nitrogens is 3. The predicted octanol–water partition coefficient (Wildman–Crippen LogP) is 2.13. The van der Waals surface area contributed by atoms with Gasteiger partial charge in [0.25, 0.3) is 5.91 Å². The highest BCUT2D eigenvalue weighted by atomic mass is 16.5. The quantitative estimate of drug-likeness (QED) is 0.732. The van der Waals surface area contributed by atoms with Gasteiger partial charge in [-0.3, -0.25) is 9.59 Å². The Morgan fingerprint density at radius 1 is 1.16 bits per heavy atom. The maximum Gasteiger partial charge on any atom is 0.254 e. The molecule has 4 rings (SSSR count). The normalized spacial score (nSPS) is 17.2. The first kappa shape index (κ1) is 15.3. The van der Waals surface area contributed by atoms with Gasteiger partial charge in [0.2, 0.25) is 5.91 Å². The van der Waals surface area contributed by atoms with E-state index in [4.69, 9.17) is 4.74 Å². The molecule has 0 bridgehead atoms. The molecule has 1 saturated heterocycles. The first-order valence-electron chi connectivity index (χ1n) is 7.96. The predicted molar refractivity (Wildman–Crippen MR) is 91.6 cm³/mol. The first-order chi connectivity index (χ1) is 12.2. The molecule has 1 aliphatic rings. The molecule has 126 valence electrons. The largest absolute Gasteiger partial charge is 0.497 e. The zero-order chi connectivity index (χ0) is 17.4. The van der Waals surface area contributed by atoms with Gasteiger partial charge < -0.3 is 9.64 Å². The SMILES string of the molecule is COc1ccc(N2CC(C(=O)n3nnc4ccccc43)CC2=O)cc1. The molecule has 0 spiro atoms. The Hall–Kier alpha value is -3.22. The molecule has 1 unspecified atom stereocenters. The highest BCUT2D eigenvalue weighted by Gasteiger charge is 2.36. The highest BCUT2D eigenvalue weighted by molar-refractivity contribution is 6.02.